The molecule has 0 saturated heterocycles. The molecule has 3 aromatic rings. The van der Waals surface area contributed by atoms with E-state index in [1.54, 1.807) is 42.5 Å². The monoisotopic (exact) mass is 461 g/mol. The summed E-state index contributed by atoms with van der Waals surface area (Å²) in [7, 11) is 0. The van der Waals surface area contributed by atoms with Crippen molar-refractivity contribution >= 4 is 58.1 Å². The number of ether oxygens (including phenoxy) is 1. The zero-order valence-electron chi connectivity index (χ0n) is 15.3. The number of anilines is 1. The fourth-order valence-corrected chi connectivity index (χ4v) is 3.18. The lowest BCUT2D eigenvalue weighted by Gasteiger charge is -2.11. The smallest absolute Gasteiger partial charge is 0.340 e. The number of amides is 1. The van der Waals surface area contributed by atoms with Crippen LogP contribution in [-0.2, 0) is 4.74 Å². The zero-order valence-corrected chi connectivity index (χ0v) is 17.6. The normalized spacial score (nSPS) is 10.4. The Labute approximate surface area is 187 Å². The van der Waals surface area contributed by atoms with E-state index < -0.39 is 18.5 Å². The molecule has 0 spiro atoms. The van der Waals surface area contributed by atoms with Gasteiger partial charge in [0.05, 0.1) is 21.8 Å². The Balaban J connectivity index is 1.71. The molecule has 30 heavy (non-hydrogen) atoms. The minimum Gasteiger partial charge on any atom is -0.454 e. The number of benzene rings is 3. The molecule has 0 fully saturated rings. The average Bonchev–Trinajstić information content (AvgIpc) is 2.72. The quantitative estimate of drug-likeness (QED) is 0.363. The van der Waals surface area contributed by atoms with Crippen molar-refractivity contribution in [1.82, 2.24) is 0 Å². The van der Waals surface area contributed by atoms with Crippen LogP contribution in [0, 0.1) is 0 Å². The average molecular weight is 463 g/mol. The van der Waals surface area contributed by atoms with E-state index in [1.807, 2.05) is 0 Å². The molecule has 0 bridgehead atoms. The van der Waals surface area contributed by atoms with Gasteiger partial charge in [0.1, 0.15) is 0 Å². The lowest BCUT2D eigenvalue weighted by molar-refractivity contribution is 0.0475. The van der Waals surface area contributed by atoms with Crippen LogP contribution >= 0.6 is 34.8 Å². The van der Waals surface area contributed by atoms with Gasteiger partial charge in [-0.15, -0.1) is 0 Å². The molecule has 8 heteroatoms. The Bertz CT molecular complexity index is 1110. The highest BCUT2D eigenvalue weighted by Gasteiger charge is 2.18. The predicted octanol–water partition coefficient (Wildman–Crippen LogP) is 5.94. The van der Waals surface area contributed by atoms with Crippen molar-refractivity contribution in [3.8, 4) is 0 Å². The molecule has 0 saturated carbocycles. The first-order valence-electron chi connectivity index (χ1n) is 8.66. The number of Topliss-reactive ketones (excluding diaryl/α,β-unsaturated/α-hetero) is 1. The Morgan fingerprint density at radius 1 is 0.800 bits per heavy atom. The number of rotatable bonds is 6. The van der Waals surface area contributed by atoms with Gasteiger partial charge in [-0.25, -0.2) is 4.79 Å². The standard InChI is InChI=1S/C22H14Cl3NO4/c23-14-7-5-13(6-8-14)20(27)12-30-22(29)17-3-1-2-4-19(17)26-21(28)16-10-9-15(24)11-18(16)25/h1-11H,12H2,(H,26,28). The molecule has 0 atom stereocenters. The molecule has 0 aliphatic heterocycles. The van der Waals surface area contributed by atoms with Gasteiger partial charge in [0, 0.05) is 15.6 Å². The third-order valence-electron chi connectivity index (χ3n) is 4.07. The van der Waals surface area contributed by atoms with E-state index in [-0.39, 0.29) is 27.6 Å². The Morgan fingerprint density at radius 3 is 2.17 bits per heavy atom. The van der Waals surface area contributed by atoms with Crippen LogP contribution in [0.5, 0.6) is 0 Å². The second-order valence-corrected chi connectivity index (χ2v) is 7.41. The Kier molecular flexibility index (Phi) is 7.11. The van der Waals surface area contributed by atoms with Gasteiger partial charge in [0.25, 0.3) is 5.91 Å². The van der Waals surface area contributed by atoms with Crippen LogP contribution in [0.1, 0.15) is 31.1 Å². The summed E-state index contributed by atoms with van der Waals surface area (Å²) in [6, 6.07) is 17.0. The van der Waals surface area contributed by atoms with Crippen LogP contribution in [0.25, 0.3) is 0 Å². The van der Waals surface area contributed by atoms with E-state index >= 15 is 0 Å². The summed E-state index contributed by atoms with van der Waals surface area (Å²) in [4.78, 5) is 37.2. The number of hydrogen-bond acceptors (Lipinski definition) is 4. The van der Waals surface area contributed by atoms with Crippen molar-refractivity contribution < 1.29 is 19.1 Å². The largest absolute Gasteiger partial charge is 0.454 e. The maximum absolute atomic E-state index is 12.5. The maximum Gasteiger partial charge on any atom is 0.340 e. The molecule has 0 aromatic heterocycles. The number of hydrogen-bond donors (Lipinski definition) is 1. The van der Waals surface area contributed by atoms with Gasteiger partial charge in [-0.3, -0.25) is 9.59 Å². The van der Waals surface area contributed by atoms with Crippen molar-refractivity contribution in [3.63, 3.8) is 0 Å². The van der Waals surface area contributed by atoms with Crippen molar-refractivity contribution in [1.29, 1.82) is 0 Å². The first-order chi connectivity index (χ1) is 14.3. The molecular weight excluding hydrogens is 449 g/mol. The molecule has 0 aliphatic rings. The molecule has 1 N–H and O–H groups in total. The van der Waals surface area contributed by atoms with Crippen molar-refractivity contribution in [2.45, 2.75) is 0 Å². The summed E-state index contributed by atoms with van der Waals surface area (Å²) in [5, 5.41) is 3.69. The number of carbonyl (C=O) groups is 3. The van der Waals surface area contributed by atoms with Crippen molar-refractivity contribution in [2.75, 3.05) is 11.9 Å². The fourth-order valence-electron chi connectivity index (χ4n) is 2.56. The molecule has 0 unspecified atom stereocenters. The molecule has 3 rings (SSSR count). The maximum atomic E-state index is 12.5. The molecular formula is C22H14Cl3NO4. The third kappa shape index (κ3) is 5.39. The van der Waals surface area contributed by atoms with Crippen molar-refractivity contribution in [2.24, 2.45) is 0 Å². The lowest BCUT2D eigenvalue weighted by Crippen LogP contribution is -2.18. The third-order valence-corrected chi connectivity index (χ3v) is 4.87. The second-order valence-electron chi connectivity index (χ2n) is 6.13. The first kappa shape index (κ1) is 21.8. The minimum atomic E-state index is -0.754. The van der Waals surface area contributed by atoms with E-state index in [0.29, 0.717) is 15.6 Å². The number of para-hydroxylation sites is 1. The van der Waals surface area contributed by atoms with Gasteiger partial charge in [-0.2, -0.15) is 0 Å². The number of esters is 1. The molecule has 152 valence electrons. The highest BCUT2D eigenvalue weighted by atomic mass is 35.5. The van der Waals surface area contributed by atoms with Gasteiger partial charge in [0.2, 0.25) is 0 Å². The summed E-state index contributed by atoms with van der Waals surface area (Å²) >= 11 is 17.7. The number of nitrogens with one attached hydrogen (secondary N) is 1. The summed E-state index contributed by atoms with van der Waals surface area (Å²) in [5.41, 5.74) is 0.880. The zero-order chi connectivity index (χ0) is 21.7. The number of carbonyl (C=O) groups excluding carboxylic acids is 3. The number of ketones is 1. The van der Waals surface area contributed by atoms with E-state index in [2.05, 4.69) is 5.32 Å². The first-order valence-corrected chi connectivity index (χ1v) is 9.80. The van der Waals surface area contributed by atoms with Gasteiger partial charge in [-0.05, 0) is 54.6 Å². The Hall–Kier alpha value is -2.86. The summed E-state index contributed by atoms with van der Waals surface area (Å²) < 4.78 is 5.13. The lowest BCUT2D eigenvalue weighted by atomic mass is 10.1. The van der Waals surface area contributed by atoms with Gasteiger partial charge >= 0.3 is 5.97 Å². The van der Waals surface area contributed by atoms with Crippen LogP contribution in [0.3, 0.4) is 0 Å². The molecule has 5 nitrogen and oxygen atoms in total. The summed E-state index contributed by atoms with van der Waals surface area (Å²) in [5.74, 6) is -1.65. The SMILES string of the molecule is O=C(COC(=O)c1ccccc1NC(=O)c1ccc(Cl)cc1Cl)c1ccc(Cl)cc1. The van der Waals surface area contributed by atoms with Crippen LogP contribution in [-0.4, -0.2) is 24.3 Å². The molecule has 0 radical (unpaired) electrons. The second kappa shape index (κ2) is 9.76. The van der Waals surface area contributed by atoms with Crippen LogP contribution in [0.4, 0.5) is 5.69 Å². The van der Waals surface area contributed by atoms with Gasteiger partial charge < -0.3 is 10.1 Å². The highest BCUT2D eigenvalue weighted by Crippen LogP contribution is 2.23. The number of halogens is 3. The van der Waals surface area contributed by atoms with E-state index in [1.165, 1.54) is 24.3 Å². The fraction of sp³-hybridized carbons (Fsp3) is 0.0455. The van der Waals surface area contributed by atoms with Gasteiger partial charge in [0.15, 0.2) is 12.4 Å². The topological polar surface area (TPSA) is 72.5 Å². The van der Waals surface area contributed by atoms with Crippen LogP contribution in [0.2, 0.25) is 15.1 Å². The van der Waals surface area contributed by atoms with Crippen molar-refractivity contribution in [3.05, 3.63) is 98.5 Å². The van der Waals surface area contributed by atoms with E-state index in [0.717, 1.165) is 0 Å². The molecule has 1 amide bonds. The van der Waals surface area contributed by atoms with E-state index in [4.69, 9.17) is 39.5 Å². The Morgan fingerprint density at radius 2 is 1.47 bits per heavy atom. The summed E-state index contributed by atoms with van der Waals surface area (Å²) in [6.07, 6.45) is 0. The highest BCUT2D eigenvalue weighted by molar-refractivity contribution is 6.37. The predicted molar refractivity (Wildman–Crippen MR) is 117 cm³/mol. The molecule has 3 aromatic carbocycles. The van der Waals surface area contributed by atoms with Gasteiger partial charge in [-0.1, -0.05) is 46.9 Å². The van der Waals surface area contributed by atoms with Crippen LogP contribution in [0.15, 0.2) is 66.7 Å². The summed E-state index contributed by atoms with van der Waals surface area (Å²) in [6.45, 7) is -0.453. The van der Waals surface area contributed by atoms with E-state index in [9.17, 15) is 14.4 Å². The molecule has 0 aliphatic carbocycles. The molecule has 0 heterocycles. The minimum absolute atomic E-state index is 0.0971. The van der Waals surface area contributed by atoms with Crippen LogP contribution < -0.4 is 5.32 Å².